The van der Waals surface area contributed by atoms with Crippen LogP contribution in [0.1, 0.15) is 6.42 Å². The van der Waals surface area contributed by atoms with Gasteiger partial charge in [0.2, 0.25) is 10.0 Å². The second-order valence-electron chi connectivity index (χ2n) is 4.66. The van der Waals surface area contributed by atoms with E-state index in [1.54, 1.807) is 0 Å². The van der Waals surface area contributed by atoms with Crippen LogP contribution in [0.5, 0.6) is 0 Å². The number of sulfonamides is 1. The predicted molar refractivity (Wildman–Crippen MR) is 70.9 cm³/mol. The maximum atomic E-state index is 12.3. The minimum absolute atomic E-state index is 0.0917. The van der Waals surface area contributed by atoms with Gasteiger partial charge < -0.3 is 5.73 Å². The smallest absolute Gasteiger partial charge is 0.243 e. The van der Waals surface area contributed by atoms with Gasteiger partial charge >= 0.3 is 0 Å². The van der Waals surface area contributed by atoms with Gasteiger partial charge in [-0.15, -0.1) is 0 Å². The molecule has 0 radical (unpaired) electrons. The minimum atomic E-state index is -3.58. The van der Waals surface area contributed by atoms with E-state index in [9.17, 15) is 16.8 Å². The lowest BCUT2D eigenvalue weighted by Gasteiger charge is -2.16. The van der Waals surface area contributed by atoms with Gasteiger partial charge in [0.1, 0.15) is 0 Å². The van der Waals surface area contributed by atoms with Crippen LogP contribution in [-0.4, -0.2) is 46.5 Å². The molecular formula is C11H16N2O4S2. The summed E-state index contributed by atoms with van der Waals surface area (Å²) in [6.07, 6.45) is 1.72. The van der Waals surface area contributed by atoms with Gasteiger partial charge in [-0.3, -0.25) is 0 Å². The molecule has 2 rings (SSSR count). The molecule has 0 amide bonds. The van der Waals surface area contributed by atoms with E-state index in [1.807, 2.05) is 0 Å². The van der Waals surface area contributed by atoms with Crippen molar-refractivity contribution in [2.45, 2.75) is 22.3 Å². The molecule has 1 fully saturated rings. The van der Waals surface area contributed by atoms with Crippen molar-refractivity contribution in [3.63, 3.8) is 0 Å². The van der Waals surface area contributed by atoms with E-state index < -0.39 is 19.9 Å². The molecule has 106 valence electrons. The second kappa shape index (κ2) is 4.86. The summed E-state index contributed by atoms with van der Waals surface area (Å²) in [5.74, 6) is 0. The number of benzene rings is 1. The molecule has 1 saturated heterocycles. The highest BCUT2D eigenvalue weighted by Crippen LogP contribution is 2.21. The third-order valence-corrected chi connectivity index (χ3v) is 6.08. The summed E-state index contributed by atoms with van der Waals surface area (Å²) in [5.41, 5.74) is 5.70. The maximum Gasteiger partial charge on any atom is 0.243 e. The van der Waals surface area contributed by atoms with Crippen LogP contribution in [0, 0.1) is 0 Å². The van der Waals surface area contributed by atoms with Gasteiger partial charge in [0, 0.05) is 25.4 Å². The Balaban J connectivity index is 2.32. The Morgan fingerprint density at radius 3 is 2.05 bits per heavy atom. The van der Waals surface area contributed by atoms with Crippen LogP contribution in [0.4, 0.5) is 0 Å². The van der Waals surface area contributed by atoms with Crippen LogP contribution < -0.4 is 5.73 Å². The Morgan fingerprint density at radius 2 is 1.63 bits per heavy atom. The maximum absolute atomic E-state index is 12.3. The van der Waals surface area contributed by atoms with E-state index in [4.69, 9.17) is 5.73 Å². The number of rotatable bonds is 3. The Bertz CT molecular complexity index is 665. The topological polar surface area (TPSA) is 97.5 Å². The fourth-order valence-electron chi connectivity index (χ4n) is 1.98. The molecule has 1 heterocycles. The monoisotopic (exact) mass is 304 g/mol. The molecule has 2 N–H and O–H groups in total. The summed E-state index contributed by atoms with van der Waals surface area (Å²) < 4.78 is 48.5. The van der Waals surface area contributed by atoms with E-state index in [2.05, 4.69) is 0 Å². The van der Waals surface area contributed by atoms with Gasteiger partial charge in [-0.1, -0.05) is 0 Å². The van der Waals surface area contributed by atoms with E-state index in [0.29, 0.717) is 19.5 Å². The highest BCUT2D eigenvalue weighted by Gasteiger charge is 2.30. The first kappa shape index (κ1) is 14.4. The minimum Gasteiger partial charge on any atom is -0.326 e. The molecule has 0 aromatic heterocycles. The van der Waals surface area contributed by atoms with Crippen molar-refractivity contribution in [3.05, 3.63) is 24.3 Å². The molecule has 1 aliphatic rings. The lowest BCUT2D eigenvalue weighted by molar-refractivity contribution is 0.472. The molecule has 0 bridgehead atoms. The molecule has 0 saturated carbocycles. The highest BCUT2D eigenvalue weighted by atomic mass is 32.2. The summed E-state index contributed by atoms with van der Waals surface area (Å²) in [4.78, 5) is 0.193. The SMILES string of the molecule is CS(=O)(=O)c1ccc(S(=O)(=O)N2CC[C@@H](N)C2)cc1. The summed E-state index contributed by atoms with van der Waals surface area (Å²) in [5, 5.41) is 0. The lowest BCUT2D eigenvalue weighted by Crippen LogP contribution is -2.31. The number of hydrogen-bond acceptors (Lipinski definition) is 5. The Labute approximate surface area is 113 Å². The quantitative estimate of drug-likeness (QED) is 0.835. The fraction of sp³-hybridized carbons (Fsp3) is 0.455. The standard InChI is InChI=1S/C11H16N2O4S2/c1-18(14,15)10-2-4-11(5-3-10)19(16,17)13-7-6-9(12)8-13/h2-5,9H,6-8,12H2,1H3/t9-/m1/s1. The highest BCUT2D eigenvalue weighted by molar-refractivity contribution is 7.90. The van der Waals surface area contributed by atoms with Crippen LogP contribution in [0.2, 0.25) is 0 Å². The summed E-state index contributed by atoms with van der Waals surface area (Å²) in [6, 6.07) is 5.10. The molecule has 1 atom stereocenters. The zero-order valence-electron chi connectivity index (χ0n) is 10.5. The van der Waals surface area contributed by atoms with Crippen molar-refractivity contribution >= 4 is 19.9 Å². The molecule has 8 heteroatoms. The molecule has 0 unspecified atom stereocenters. The molecule has 0 spiro atoms. The molecular weight excluding hydrogens is 288 g/mol. The average Bonchev–Trinajstić information content (AvgIpc) is 2.76. The van der Waals surface area contributed by atoms with Crippen LogP contribution in [0.3, 0.4) is 0 Å². The Hall–Kier alpha value is -0.960. The zero-order valence-corrected chi connectivity index (χ0v) is 12.1. The first-order valence-corrected chi connectivity index (χ1v) is 9.10. The first-order valence-electron chi connectivity index (χ1n) is 5.77. The molecule has 1 aromatic rings. The van der Waals surface area contributed by atoms with Gasteiger partial charge in [-0.25, -0.2) is 16.8 Å². The van der Waals surface area contributed by atoms with Gasteiger partial charge in [0.25, 0.3) is 0 Å². The molecule has 1 aromatic carbocycles. The normalized spacial score (nSPS) is 21.7. The van der Waals surface area contributed by atoms with Gasteiger partial charge in [-0.2, -0.15) is 4.31 Å². The van der Waals surface area contributed by atoms with E-state index in [-0.39, 0.29) is 15.8 Å². The number of sulfone groups is 1. The van der Waals surface area contributed by atoms with Crippen LogP contribution >= 0.6 is 0 Å². The largest absolute Gasteiger partial charge is 0.326 e. The van der Waals surface area contributed by atoms with Crippen LogP contribution in [0.15, 0.2) is 34.1 Å². The number of nitrogens with zero attached hydrogens (tertiary/aromatic N) is 1. The lowest BCUT2D eigenvalue weighted by atomic mass is 10.3. The van der Waals surface area contributed by atoms with Crippen molar-refractivity contribution in [2.75, 3.05) is 19.3 Å². The molecule has 1 aliphatic heterocycles. The summed E-state index contributed by atoms with van der Waals surface area (Å²) >= 11 is 0. The Kier molecular flexibility index (Phi) is 3.69. The second-order valence-corrected chi connectivity index (χ2v) is 8.61. The van der Waals surface area contributed by atoms with Crippen molar-refractivity contribution in [2.24, 2.45) is 5.73 Å². The van der Waals surface area contributed by atoms with Gasteiger partial charge in [0.15, 0.2) is 9.84 Å². The van der Waals surface area contributed by atoms with Gasteiger partial charge in [0.05, 0.1) is 9.79 Å². The van der Waals surface area contributed by atoms with Gasteiger partial charge in [-0.05, 0) is 30.7 Å². The van der Waals surface area contributed by atoms with Crippen LogP contribution in [-0.2, 0) is 19.9 Å². The summed E-state index contributed by atoms with van der Waals surface area (Å²) in [6.45, 7) is 0.702. The van der Waals surface area contributed by atoms with E-state index >= 15 is 0 Å². The van der Waals surface area contributed by atoms with Crippen molar-refractivity contribution in [1.29, 1.82) is 0 Å². The third-order valence-electron chi connectivity index (χ3n) is 3.08. The van der Waals surface area contributed by atoms with Crippen molar-refractivity contribution in [3.8, 4) is 0 Å². The average molecular weight is 304 g/mol. The zero-order chi connectivity index (χ0) is 14.3. The van der Waals surface area contributed by atoms with E-state index in [1.165, 1.54) is 28.6 Å². The number of nitrogens with two attached hydrogens (primary N) is 1. The predicted octanol–water partition coefficient (Wildman–Crippen LogP) is -0.188. The summed E-state index contributed by atoms with van der Waals surface area (Å²) in [7, 11) is -6.90. The molecule has 19 heavy (non-hydrogen) atoms. The van der Waals surface area contributed by atoms with Crippen molar-refractivity contribution in [1.82, 2.24) is 4.31 Å². The van der Waals surface area contributed by atoms with Crippen LogP contribution in [0.25, 0.3) is 0 Å². The molecule has 6 nitrogen and oxygen atoms in total. The first-order chi connectivity index (χ1) is 8.71. The Morgan fingerprint density at radius 1 is 1.11 bits per heavy atom. The fourth-order valence-corrected chi connectivity index (χ4v) is 4.12. The third kappa shape index (κ3) is 2.97. The number of hydrogen-bond donors (Lipinski definition) is 1. The molecule has 0 aliphatic carbocycles. The van der Waals surface area contributed by atoms with Crippen molar-refractivity contribution < 1.29 is 16.8 Å². The van der Waals surface area contributed by atoms with E-state index in [0.717, 1.165) is 6.26 Å².